The summed E-state index contributed by atoms with van der Waals surface area (Å²) in [6.45, 7) is 0.980. The lowest BCUT2D eigenvalue weighted by atomic mass is 10.1. The Labute approximate surface area is 165 Å². The van der Waals surface area contributed by atoms with Crippen molar-refractivity contribution in [1.82, 2.24) is 5.32 Å². The highest BCUT2D eigenvalue weighted by Gasteiger charge is 2.24. The van der Waals surface area contributed by atoms with E-state index < -0.39 is 6.61 Å². The summed E-state index contributed by atoms with van der Waals surface area (Å²) >= 11 is 1.21. The van der Waals surface area contributed by atoms with E-state index in [2.05, 4.69) is 15.0 Å². The molecular formula is C20H18F2N2O3S. The van der Waals surface area contributed by atoms with E-state index >= 15 is 0 Å². The second kappa shape index (κ2) is 8.43. The van der Waals surface area contributed by atoms with Gasteiger partial charge in [0.2, 0.25) is 0 Å². The number of amidine groups is 1. The molecule has 0 aliphatic carbocycles. The van der Waals surface area contributed by atoms with Gasteiger partial charge in [-0.15, -0.1) is 0 Å². The highest BCUT2D eigenvalue weighted by Crippen LogP contribution is 2.33. The van der Waals surface area contributed by atoms with E-state index in [0.29, 0.717) is 15.6 Å². The van der Waals surface area contributed by atoms with Crippen molar-refractivity contribution >= 4 is 34.6 Å². The molecule has 1 amide bonds. The van der Waals surface area contributed by atoms with Crippen molar-refractivity contribution in [2.24, 2.45) is 4.99 Å². The molecule has 1 N–H and O–H groups in total. The van der Waals surface area contributed by atoms with Crippen LogP contribution in [0.4, 0.5) is 14.5 Å². The van der Waals surface area contributed by atoms with Crippen LogP contribution >= 0.6 is 11.8 Å². The Hall–Kier alpha value is -2.87. The number of alkyl halides is 2. The van der Waals surface area contributed by atoms with Crippen LogP contribution in [0.5, 0.6) is 11.5 Å². The second-order valence-corrected chi connectivity index (χ2v) is 7.09. The summed E-state index contributed by atoms with van der Waals surface area (Å²) in [5, 5.41) is 3.22. The number of aliphatic imine (C=N–C) groups is 1. The van der Waals surface area contributed by atoms with Crippen molar-refractivity contribution in [3.8, 4) is 11.5 Å². The summed E-state index contributed by atoms with van der Waals surface area (Å²) in [4.78, 5) is 17.2. The molecule has 2 aromatic rings. The number of carbonyl (C=O) groups is 1. The summed E-state index contributed by atoms with van der Waals surface area (Å²) in [6, 6.07) is 10.4. The average Bonchev–Trinajstić information content (AvgIpc) is 2.98. The quantitative estimate of drug-likeness (QED) is 0.727. The van der Waals surface area contributed by atoms with E-state index in [-0.39, 0.29) is 17.4 Å². The van der Waals surface area contributed by atoms with Crippen molar-refractivity contribution < 1.29 is 23.0 Å². The molecule has 0 atom stereocenters. The van der Waals surface area contributed by atoms with E-state index in [9.17, 15) is 13.6 Å². The number of ether oxygens (including phenoxy) is 2. The zero-order valence-electron chi connectivity index (χ0n) is 15.5. The molecule has 0 saturated carbocycles. The van der Waals surface area contributed by atoms with Gasteiger partial charge in [0.25, 0.3) is 5.91 Å². The SMILES string of the molecule is COc1cc(C=C2SC(=Nc3cc(C)ccc3C)NC2=O)ccc1OC(F)F. The van der Waals surface area contributed by atoms with Gasteiger partial charge in [0, 0.05) is 0 Å². The maximum absolute atomic E-state index is 12.4. The van der Waals surface area contributed by atoms with Gasteiger partial charge in [-0.1, -0.05) is 18.2 Å². The summed E-state index contributed by atoms with van der Waals surface area (Å²) < 4.78 is 34.4. The maximum atomic E-state index is 12.4. The summed E-state index contributed by atoms with van der Waals surface area (Å²) in [5.41, 5.74) is 3.49. The monoisotopic (exact) mass is 404 g/mol. The lowest BCUT2D eigenvalue weighted by Crippen LogP contribution is -2.19. The zero-order chi connectivity index (χ0) is 20.3. The molecule has 1 saturated heterocycles. The molecule has 1 fully saturated rings. The van der Waals surface area contributed by atoms with Crippen molar-refractivity contribution in [3.05, 3.63) is 58.0 Å². The van der Waals surface area contributed by atoms with Crippen LogP contribution in [0.25, 0.3) is 6.08 Å². The third kappa shape index (κ3) is 4.69. The van der Waals surface area contributed by atoms with Gasteiger partial charge < -0.3 is 14.8 Å². The first-order valence-corrected chi connectivity index (χ1v) is 9.17. The predicted molar refractivity (Wildman–Crippen MR) is 106 cm³/mol. The molecule has 0 unspecified atom stereocenters. The van der Waals surface area contributed by atoms with Crippen LogP contribution < -0.4 is 14.8 Å². The van der Waals surface area contributed by atoms with Crippen LogP contribution in [0.3, 0.4) is 0 Å². The number of aryl methyl sites for hydroxylation is 2. The largest absolute Gasteiger partial charge is 0.493 e. The molecule has 0 aromatic heterocycles. The van der Waals surface area contributed by atoms with Crippen LogP contribution in [0.15, 0.2) is 46.3 Å². The average molecular weight is 404 g/mol. The van der Waals surface area contributed by atoms with Crippen molar-refractivity contribution in [3.63, 3.8) is 0 Å². The number of carbonyl (C=O) groups excluding carboxylic acids is 1. The van der Waals surface area contributed by atoms with Crippen LogP contribution in [-0.4, -0.2) is 24.8 Å². The third-order valence-corrected chi connectivity index (χ3v) is 4.85. The van der Waals surface area contributed by atoms with E-state index in [1.165, 1.54) is 31.0 Å². The Kier molecular flexibility index (Phi) is 5.99. The number of hydrogen-bond acceptors (Lipinski definition) is 5. The minimum atomic E-state index is -2.95. The molecule has 1 aliphatic rings. The first-order valence-electron chi connectivity index (χ1n) is 8.35. The summed E-state index contributed by atoms with van der Waals surface area (Å²) in [5.74, 6) is -0.191. The molecule has 0 bridgehead atoms. The number of hydrogen-bond donors (Lipinski definition) is 1. The fraction of sp³-hybridized carbons (Fsp3) is 0.200. The molecule has 8 heteroatoms. The zero-order valence-corrected chi connectivity index (χ0v) is 16.3. The van der Waals surface area contributed by atoms with E-state index in [4.69, 9.17) is 4.74 Å². The number of methoxy groups -OCH3 is 1. The van der Waals surface area contributed by atoms with Crippen molar-refractivity contribution in [2.45, 2.75) is 20.5 Å². The number of amides is 1. The molecule has 2 aromatic carbocycles. The Morgan fingerprint density at radius 1 is 1.14 bits per heavy atom. The Morgan fingerprint density at radius 2 is 1.93 bits per heavy atom. The first-order chi connectivity index (χ1) is 13.4. The van der Waals surface area contributed by atoms with E-state index in [1.54, 1.807) is 12.1 Å². The smallest absolute Gasteiger partial charge is 0.387 e. The third-order valence-electron chi connectivity index (χ3n) is 3.94. The van der Waals surface area contributed by atoms with Crippen LogP contribution in [-0.2, 0) is 4.79 Å². The van der Waals surface area contributed by atoms with Gasteiger partial charge in [-0.2, -0.15) is 8.78 Å². The minimum absolute atomic E-state index is 0.0691. The molecule has 1 aliphatic heterocycles. The van der Waals surface area contributed by atoms with Crippen LogP contribution in [0.1, 0.15) is 16.7 Å². The molecule has 0 radical (unpaired) electrons. The van der Waals surface area contributed by atoms with Gasteiger partial charge in [0.1, 0.15) is 0 Å². The summed E-state index contributed by atoms with van der Waals surface area (Å²) in [6.07, 6.45) is 1.64. The lowest BCUT2D eigenvalue weighted by molar-refractivity contribution is -0.115. The maximum Gasteiger partial charge on any atom is 0.387 e. The number of benzene rings is 2. The van der Waals surface area contributed by atoms with Crippen LogP contribution in [0, 0.1) is 13.8 Å². The fourth-order valence-corrected chi connectivity index (χ4v) is 3.38. The Morgan fingerprint density at radius 3 is 2.64 bits per heavy atom. The molecule has 0 spiro atoms. The molecule has 28 heavy (non-hydrogen) atoms. The molecular weight excluding hydrogens is 386 g/mol. The Balaban J connectivity index is 1.84. The normalized spacial score (nSPS) is 16.7. The number of thioether (sulfide) groups is 1. The predicted octanol–water partition coefficient (Wildman–Crippen LogP) is 4.81. The van der Waals surface area contributed by atoms with Gasteiger partial charge in [0.15, 0.2) is 16.7 Å². The molecule has 5 nitrogen and oxygen atoms in total. The second-order valence-electron chi connectivity index (χ2n) is 6.06. The number of halogens is 2. The van der Waals surface area contributed by atoms with Gasteiger partial charge in [-0.05, 0) is 66.6 Å². The summed E-state index contributed by atoms with van der Waals surface area (Å²) in [7, 11) is 1.36. The highest BCUT2D eigenvalue weighted by atomic mass is 32.2. The van der Waals surface area contributed by atoms with Gasteiger partial charge in [-0.3, -0.25) is 4.79 Å². The topological polar surface area (TPSA) is 59.9 Å². The fourth-order valence-electron chi connectivity index (χ4n) is 2.55. The standard InChI is InChI=1S/C20H18F2N2O3S/c1-11-4-5-12(2)14(8-11)23-20-24-18(25)17(28-20)10-13-6-7-15(27-19(21)22)16(9-13)26-3/h4-10,19H,1-3H3,(H,23,24,25). The highest BCUT2D eigenvalue weighted by molar-refractivity contribution is 8.18. The minimum Gasteiger partial charge on any atom is -0.493 e. The number of nitrogens with one attached hydrogen (secondary N) is 1. The van der Waals surface area contributed by atoms with Crippen molar-refractivity contribution in [1.29, 1.82) is 0 Å². The van der Waals surface area contributed by atoms with Crippen LogP contribution in [0.2, 0.25) is 0 Å². The molecule has 146 valence electrons. The lowest BCUT2D eigenvalue weighted by Gasteiger charge is -2.10. The van der Waals surface area contributed by atoms with E-state index in [1.807, 2.05) is 32.0 Å². The number of nitrogens with zero attached hydrogens (tertiary/aromatic N) is 1. The first kappa shape index (κ1) is 19.9. The van der Waals surface area contributed by atoms with Gasteiger partial charge in [-0.25, -0.2) is 4.99 Å². The van der Waals surface area contributed by atoms with E-state index in [0.717, 1.165) is 16.8 Å². The Bertz CT molecular complexity index is 974. The molecule has 3 rings (SSSR count). The van der Waals surface area contributed by atoms with Gasteiger partial charge in [0.05, 0.1) is 17.7 Å². The number of rotatable bonds is 5. The molecule has 1 heterocycles. The van der Waals surface area contributed by atoms with Crippen molar-refractivity contribution in [2.75, 3.05) is 7.11 Å². The van der Waals surface area contributed by atoms with Gasteiger partial charge >= 0.3 is 6.61 Å².